The minimum atomic E-state index is -0.667. The van der Waals surface area contributed by atoms with Crippen LogP contribution in [0.1, 0.15) is 18.0 Å². The van der Waals surface area contributed by atoms with Crippen molar-refractivity contribution in [1.82, 2.24) is 9.91 Å². The zero-order valence-corrected chi connectivity index (χ0v) is 13.9. The number of carbonyl (C=O) groups excluding carboxylic acids is 1. The quantitative estimate of drug-likeness (QED) is 0.843. The van der Waals surface area contributed by atoms with Gasteiger partial charge in [-0.1, -0.05) is 18.2 Å². The third-order valence-corrected chi connectivity index (χ3v) is 4.46. The second-order valence-corrected chi connectivity index (χ2v) is 6.34. The van der Waals surface area contributed by atoms with Crippen molar-refractivity contribution in [3.05, 3.63) is 65.7 Å². The van der Waals surface area contributed by atoms with Gasteiger partial charge in [0.1, 0.15) is 23.5 Å². The van der Waals surface area contributed by atoms with E-state index in [-0.39, 0.29) is 12.1 Å². The van der Waals surface area contributed by atoms with Crippen LogP contribution in [0, 0.1) is 11.6 Å². The van der Waals surface area contributed by atoms with E-state index in [1.807, 2.05) is 30.3 Å². The molecular weight excluding hydrogens is 340 g/mol. The van der Waals surface area contributed by atoms with Crippen LogP contribution < -0.4 is 4.74 Å². The highest BCUT2D eigenvalue weighted by atomic mass is 19.1. The van der Waals surface area contributed by atoms with Gasteiger partial charge in [0.2, 0.25) is 0 Å². The fourth-order valence-corrected chi connectivity index (χ4v) is 3.15. The minimum absolute atomic E-state index is 0.0713. The fourth-order valence-electron chi connectivity index (χ4n) is 3.15. The molecular formula is C19H17F2N3O2. The van der Waals surface area contributed by atoms with E-state index in [0.717, 1.165) is 11.8 Å². The molecule has 26 heavy (non-hydrogen) atoms. The van der Waals surface area contributed by atoms with Gasteiger partial charge in [-0.25, -0.2) is 18.6 Å². The minimum Gasteiger partial charge on any atom is -0.487 e. The van der Waals surface area contributed by atoms with Gasteiger partial charge in [0.15, 0.2) is 0 Å². The molecule has 0 spiro atoms. The van der Waals surface area contributed by atoms with Crippen molar-refractivity contribution in [2.45, 2.75) is 18.6 Å². The Balaban J connectivity index is 1.39. The van der Waals surface area contributed by atoms with E-state index in [4.69, 9.17) is 4.74 Å². The smallest absolute Gasteiger partial charge is 0.341 e. The number of urea groups is 1. The molecule has 2 aliphatic heterocycles. The molecule has 0 bridgehead atoms. The van der Waals surface area contributed by atoms with E-state index in [9.17, 15) is 13.6 Å². The standard InChI is InChI=1S/C19H17F2N3O2/c20-14-8-13(9-15(21)10-14)18-6-7-22-24(18)19(25)23-11-17(12-23)26-16-4-2-1-3-5-16/h1-5,7-10,17-18H,6,11-12H2/t18-/m1/s1. The first kappa shape index (κ1) is 16.5. The van der Waals surface area contributed by atoms with E-state index in [0.29, 0.717) is 25.1 Å². The van der Waals surface area contributed by atoms with Crippen LogP contribution >= 0.6 is 0 Å². The van der Waals surface area contributed by atoms with Crippen molar-refractivity contribution in [2.75, 3.05) is 13.1 Å². The van der Waals surface area contributed by atoms with Gasteiger partial charge in [-0.05, 0) is 29.8 Å². The summed E-state index contributed by atoms with van der Waals surface area (Å²) in [6, 6.07) is 11.9. The molecule has 2 aromatic rings. The third kappa shape index (κ3) is 3.24. The van der Waals surface area contributed by atoms with E-state index in [1.165, 1.54) is 17.1 Å². The number of benzene rings is 2. The predicted octanol–water partition coefficient (Wildman–Crippen LogP) is 3.58. The molecule has 1 atom stereocenters. The molecule has 0 radical (unpaired) electrons. The summed E-state index contributed by atoms with van der Waals surface area (Å²) < 4.78 is 32.8. The number of hydrogen-bond donors (Lipinski definition) is 0. The Morgan fingerprint density at radius 2 is 1.77 bits per heavy atom. The topological polar surface area (TPSA) is 45.1 Å². The molecule has 0 unspecified atom stereocenters. The SMILES string of the molecule is O=C(N1CC(Oc2ccccc2)C1)N1N=CC[C@@H]1c1cc(F)cc(F)c1. The highest BCUT2D eigenvalue weighted by molar-refractivity contribution is 5.79. The Labute approximate surface area is 149 Å². The summed E-state index contributed by atoms with van der Waals surface area (Å²) in [5.74, 6) is -0.573. The normalized spacial score (nSPS) is 19.5. The first-order chi connectivity index (χ1) is 12.6. The van der Waals surface area contributed by atoms with Crippen LogP contribution in [0.3, 0.4) is 0 Å². The van der Waals surface area contributed by atoms with Crippen molar-refractivity contribution in [2.24, 2.45) is 5.10 Å². The maximum absolute atomic E-state index is 13.5. The number of ether oxygens (including phenoxy) is 1. The lowest BCUT2D eigenvalue weighted by atomic mass is 10.0. The summed E-state index contributed by atoms with van der Waals surface area (Å²) in [5, 5.41) is 5.38. The number of halogens is 2. The summed E-state index contributed by atoms with van der Waals surface area (Å²) in [4.78, 5) is 14.3. The number of nitrogens with zero attached hydrogens (tertiary/aromatic N) is 3. The second-order valence-electron chi connectivity index (χ2n) is 6.34. The molecule has 2 aliphatic rings. The summed E-state index contributed by atoms with van der Waals surface area (Å²) in [7, 11) is 0. The van der Waals surface area contributed by atoms with Crippen molar-refractivity contribution in [1.29, 1.82) is 0 Å². The Kier molecular flexibility index (Phi) is 4.28. The number of amides is 2. The maximum Gasteiger partial charge on any atom is 0.341 e. The predicted molar refractivity (Wildman–Crippen MR) is 91.9 cm³/mol. The lowest BCUT2D eigenvalue weighted by molar-refractivity contribution is 0.0277. The molecule has 0 aliphatic carbocycles. The zero-order chi connectivity index (χ0) is 18.1. The Morgan fingerprint density at radius 1 is 1.08 bits per heavy atom. The van der Waals surface area contributed by atoms with Crippen LogP contribution in [-0.4, -0.2) is 41.3 Å². The molecule has 5 nitrogen and oxygen atoms in total. The van der Waals surface area contributed by atoms with Gasteiger partial charge in [-0.2, -0.15) is 5.10 Å². The van der Waals surface area contributed by atoms with Gasteiger partial charge in [0.25, 0.3) is 0 Å². The first-order valence-electron chi connectivity index (χ1n) is 8.38. The molecule has 0 N–H and O–H groups in total. The maximum atomic E-state index is 13.5. The molecule has 2 aromatic carbocycles. The van der Waals surface area contributed by atoms with Gasteiger partial charge in [-0.3, -0.25) is 0 Å². The van der Waals surface area contributed by atoms with Crippen LogP contribution in [-0.2, 0) is 0 Å². The molecule has 0 aromatic heterocycles. The lowest BCUT2D eigenvalue weighted by Gasteiger charge is -2.41. The van der Waals surface area contributed by atoms with Gasteiger partial charge < -0.3 is 9.64 Å². The van der Waals surface area contributed by atoms with Crippen molar-refractivity contribution >= 4 is 12.2 Å². The number of hydrogen-bond acceptors (Lipinski definition) is 3. The van der Waals surface area contributed by atoms with Crippen LogP contribution in [0.25, 0.3) is 0 Å². The first-order valence-corrected chi connectivity index (χ1v) is 8.38. The van der Waals surface area contributed by atoms with Crippen LogP contribution in [0.4, 0.5) is 13.6 Å². The Morgan fingerprint density at radius 3 is 2.46 bits per heavy atom. The molecule has 7 heteroatoms. The van der Waals surface area contributed by atoms with Crippen LogP contribution in [0.5, 0.6) is 5.75 Å². The molecule has 1 fully saturated rings. The average Bonchev–Trinajstić information content (AvgIpc) is 3.07. The molecule has 0 saturated carbocycles. The van der Waals surface area contributed by atoms with Crippen molar-refractivity contribution < 1.29 is 18.3 Å². The average molecular weight is 357 g/mol. The molecule has 1 saturated heterocycles. The number of carbonyl (C=O) groups is 1. The van der Waals surface area contributed by atoms with E-state index >= 15 is 0 Å². The number of likely N-dealkylation sites (tertiary alicyclic amines) is 1. The van der Waals surface area contributed by atoms with E-state index in [2.05, 4.69) is 5.10 Å². The molecule has 4 rings (SSSR count). The summed E-state index contributed by atoms with van der Waals surface area (Å²) in [5.41, 5.74) is 0.394. The highest BCUT2D eigenvalue weighted by Crippen LogP contribution is 2.31. The number of rotatable bonds is 3. The summed E-state index contributed by atoms with van der Waals surface area (Å²) >= 11 is 0. The Hall–Kier alpha value is -2.96. The van der Waals surface area contributed by atoms with Crippen LogP contribution in [0.15, 0.2) is 53.6 Å². The van der Waals surface area contributed by atoms with E-state index < -0.39 is 17.7 Å². The number of para-hydroxylation sites is 1. The van der Waals surface area contributed by atoms with Crippen molar-refractivity contribution in [3.63, 3.8) is 0 Å². The monoisotopic (exact) mass is 357 g/mol. The third-order valence-electron chi connectivity index (χ3n) is 4.46. The van der Waals surface area contributed by atoms with Gasteiger partial charge in [-0.15, -0.1) is 0 Å². The summed E-state index contributed by atoms with van der Waals surface area (Å²) in [6.45, 7) is 0.897. The zero-order valence-electron chi connectivity index (χ0n) is 13.9. The molecule has 2 heterocycles. The van der Waals surface area contributed by atoms with Gasteiger partial charge in [0, 0.05) is 18.7 Å². The highest BCUT2D eigenvalue weighted by Gasteiger charge is 2.39. The molecule has 2 amide bonds. The largest absolute Gasteiger partial charge is 0.487 e. The number of hydrazone groups is 1. The van der Waals surface area contributed by atoms with Gasteiger partial charge in [0.05, 0.1) is 19.1 Å². The van der Waals surface area contributed by atoms with E-state index in [1.54, 1.807) is 11.1 Å². The van der Waals surface area contributed by atoms with Gasteiger partial charge >= 0.3 is 6.03 Å². The lowest BCUT2D eigenvalue weighted by Crippen LogP contribution is -2.58. The van der Waals surface area contributed by atoms with Crippen molar-refractivity contribution in [3.8, 4) is 5.75 Å². The second kappa shape index (κ2) is 6.74. The Bertz CT molecular complexity index is 818. The summed E-state index contributed by atoms with van der Waals surface area (Å²) in [6.07, 6.45) is 1.94. The fraction of sp³-hybridized carbons (Fsp3) is 0.263. The molecule has 134 valence electrons. The van der Waals surface area contributed by atoms with Crippen LogP contribution in [0.2, 0.25) is 0 Å².